The largest absolute Gasteiger partial charge is 0.328 e. The Kier molecular flexibility index (Phi) is 7.83. The molecule has 0 atom stereocenters. The number of rotatable bonds is 9. The number of nitrogens with zero attached hydrogens (tertiary/aromatic N) is 3. The molecule has 0 unspecified atom stereocenters. The van der Waals surface area contributed by atoms with Gasteiger partial charge in [0.25, 0.3) is 0 Å². The lowest BCUT2D eigenvalue weighted by atomic mass is 9.86. The molecule has 1 N–H and O–H groups in total. The van der Waals surface area contributed by atoms with E-state index in [4.69, 9.17) is 4.98 Å². The van der Waals surface area contributed by atoms with E-state index in [0.717, 1.165) is 22.6 Å². The smallest absolute Gasteiger partial charge is 0.243 e. The molecule has 0 fully saturated rings. The number of para-hydroxylation sites is 1. The zero-order chi connectivity index (χ0) is 25.1. The predicted molar refractivity (Wildman–Crippen MR) is 138 cm³/mol. The Morgan fingerprint density at radius 1 is 1.06 bits per heavy atom. The average Bonchev–Trinajstić information content (AvgIpc) is 3.14. The number of amides is 1. The van der Waals surface area contributed by atoms with Crippen molar-refractivity contribution in [3.05, 3.63) is 53.9 Å². The fourth-order valence-electron chi connectivity index (χ4n) is 4.26. The SMILES string of the molecule is CCN(CC)S(=O)(=O)c1ccc2c(c1)nc(CCC(=O)Nc1ccccc1C(C)(C)C)n2CC. The van der Waals surface area contributed by atoms with Gasteiger partial charge in [-0.1, -0.05) is 52.8 Å². The van der Waals surface area contributed by atoms with Gasteiger partial charge in [-0.2, -0.15) is 4.31 Å². The van der Waals surface area contributed by atoms with Gasteiger partial charge in [0.05, 0.1) is 15.9 Å². The van der Waals surface area contributed by atoms with Crippen LogP contribution in [0.1, 0.15) is 59.4 Å². The van der Waals surface area contributed by atoms with E-state index in [9.17, 15) is 13.2 Å². The fraction of sp³-hybridized carbons (Fsp3) is 0.462. The zero-order valence-electron chi connectivity index (χ0n) is 21.1. The summed E-state index contributed by atoms with van der Waals surface area (Å²) in [5.74, 6) is 0.699. The first-order valence-corrected chi connectivity index (χ1v) is 13.4. The number of hydrogen-bond donors (Lipinski definition) is 1. The lowest BCUT2D eigenvalue weighted by Gasteiger charge is -2.23. The first-order valence-electron chi connectivity index (χ1n) is 11.9. The Morgan fingerprint density at radius 3 is 2.35 bits per heavy atom. The highest BCUT2D eigenvalue weighted by Crippen LogP contribution is 2.29. The molecule has 2 aromatic carbocycles. The number of imidazole rings is 1. The van der Waals surface area contributed by atoms with Crippen LogP contribution in [0.4, 0.5) is 5.69 Å². The summed E-state index contributed by atoms with van der Waals surface area (Å²) in [4.78, 5) is 17.7. The van der Waals surface area contributed by atoms with Gasteiger partial charge in [0, 0.05) is 38.2 Å². The number of sulfonamides is 1. The minimum atomic E-state index is -3.56. The molecule has 1 amide bonds. The van der Waals surface area contributed by atoms with E-state index in [1.165, 1.54) is 4.31 Å². The molecule has 0 bridgehead atoms. The Balaban J connectivity index is 1.82. The number of nitrogens with one attached hydrogen (secondary N) is 1. The van der Waals surface area contributed by atoms with E-state index in [1.54, 1.807) is 12.1 Å². The Morgan fingerprint density at radius 2 is 1.74 bits per heavy atom. The fourth-order valence-corrected chi connectivity index (χ4v) is 5.74. The van der Waals surface area contributed by atoms with Gasteiger partial charge in [-0.05, 0) is 42.2 Å². The second kappa shape index (κ2) is 10.3. The molecule has 0 aliphatic rings. The summed E-state index contributed by atoms with van der Waals surface area (Å²) in [6.45, 7) is 13.6. The summed E-state index contributed by atoms with van der Waals surface area (Å²) in [6, 6.07) is 13.0. The van der Waals surface area contributed by atoms with Gasteiger partial charge in [-0.15, -0.1) is 0 Å². The molecule has 3 aromatic rings. The van der Waals surface area contributed by atoms with Crippen molar-refractivity contribution in [3.8, 4) is 0 Å². The van der Waals surface area contributed by atoms with Crippen LogP contribution in [0, 0.1) is 0 Å². The van der Waals surface area contributed by atoms with Gasteiger partial charge in [0.15, 0.2) is 0 Å². The second-order valence-electron chi connectivity index (χ2n) is 9.36. The maximum atomic E-state index is 12.9. The summed E-state index contributed by atoms with van der Waals surface area (Å²) in [5, 5.41) is 3.05. The van der Waals surface area contributed by atoms with E-state index in [2.05, 4.69) is 26.1 Å². The van der Waals surface area contributed by atoms with Crippen molar-refractivity contribution < 1.29 is 13.2 Å². The van der Waals surface area contributed by atoms with Gasteiger partial charge in [0.2, 0.25) is 15.9 Å². The van der Waals surface area contributed by atoms with Crippen molar-refractivity contribution in [1.29, 1.82) is 0 Å². The molecule has 0 aliphatic heterocycles. The third-order valence-corrected chi connectivity index (χ3v) is 8.09. The third kappa shape index (κ3) is 5.33. The van der Waals surface area contributed by atoms with Crippen LogP contribution in [-0.4, -0.2) is 41.3 Å². The maximum absolute atomic E-state index is 12.9. The van der Waals surface area contributed by atoms with E-state index < -0.39 is 10.0 Å². The minimum absolute atomic E-state index is 0.0730. The van der Waals surface area contributed by atoms with E-state index in [0.29, 0.717) is 31.6 Å². The Hall–Kier alpha value is -2.71. The number of carbonyl (C=O) groups excluding carboxylic acids is 1. The van der Waals surface area contributed by atoms with Crippen molar-refractivity contribution in [1.82, 2.24) is 13.9 Å². The number of fused-ring (bicyclic) bond motifs is 1. The first kappa shape index (κ1) is 25.9. The Labute approximate surface area is 203 Å². The molecule has 0 aliphatic carbocycles. The predicted octanol–water partition coefficient (Wildman–Crippen LogP) is 4.96. The van der Waals surface area contributed by atoms with Crippen LogP contribution in [0.5, 0.6) is 0 Å². The third-order valence-electron chi connectivity index (χ3n) is 6.04. The number of benzene rings is 2. The molecule has 184 valence electrons. The summed E-state index contributed by atoms with van der Waals surface area (Å²) in [7, 11) is -3.56. The standard InChI is InChI=1S/C26H36N4O3S/c1-7-29(8-2)34(32,33)19-14-15-23-22(18-19)27-24(30(23)9-3)16-17-25(31)28-21-13-11-10-12-20(21)26(4,5)6/h10-15,18H,7-9,16-17H2,1-6H3,(H,28,31). The van der Waals surface area contributed by atoms with Gasteiger partial charge in [0.1, 0.15) is 5.82 Å². The molecular weight excluding hydrogens is 448 g/mol. The highest BCUT2D eigenvalue weighted by Gasteiger charge is 2.23. The van der Waals surface area contributed by atoms with E-state index >= 15 is 0 Å². The molecule has 34 heavy (non-hydrogen) atoms. The number of aryl methyl sites for hydroxylation is 2. The number of aromatic nitrogens is 2. The molecular formula is C26H36N4O3S. The number of anilines is 1. The van der Waals surface area contributed by atoms with E-state index in [-0.39, 0.29) is 22.6 Å². The van der Waals surface area contributed by atoms with Gasteiger partial charge in [-0.3, -0.25) is 4.79 Å². The van der Waals surface area contributed by atoms with Crippen molar-refractivity contribution >= 4 is 32.7 Å². The molecule has 8 heteroatoms. The van der Waals surface area contributed by atoms with Crippen LogP contribution in [0.25, 0.3) is 11.0 Å². The lowest BCUT2D eigenvalue weighted by molar-refractivity contribution is -0.116. The van der Waals surface area contributed by atoms with Crippen LogP contribution in [0.15, 0.2) is 47.4 Å². The van der Waals surface area contributed by atoms with Crippen LogP contribution in [0.2, 0.25) is 0 Å². The molecule has 7 nitrogen and oxygen atoms in total. The van der Waals surface area contributed by atoms with Crippen LogP contribution in [-0.2, 0) is 33.2 Å². The summed E-state index contributed by atoms with van der Waals surface area (Å²) in [5.41, 5.74) is 3.34. The molecule has 1 heterocycles. The monoisotopic (exact) mass is 484 g/mol. The number of carbonyl (C=O) groups is 1. The zero-order valence-corrected chi connectivity index (χ0v) is 21.9. The first-order chi connectivity index (χ1) is 16.0. The normalized spacial score (nSPS) is 12.4. The molecule has 3 rings (SSSR count). The molecule has 0 radical (unpaired) electrons. The van der Waals surface area contributed by atoms with Crippen LogP contribution < -0.4 is 5.32 Å². The summed E-state index contributed by atoms with van der Waals surface area (Å²) < 4.78 is 29.3. The summed E-state index contributed by atoms with van der Waals surface area (Å²) in [6.07, 6.45) is 0.747. The van der Waals surface area contributed by atoms with Crippen molar-refractivity contribution in [2.24, 2.45) is 0 Å². The quantitative estimate of drug-likeness (QED) is 0.465. The van der Waals surface area contributed by atoms with Crippen molar-refractivity contribution in [2.45, 2.75) is 71.2 Å². The van der Waals surface area contributed by atoms with Crippen molar-refractivity contribution in [2.75, 3.05) is 18.4 Å². The van der Waals surface area contributed by atoms with Gasteiger partial charge < -0.3 is 9.88 Å². The molecule has 1 aromatic heterocycles. The summed E-state index contributed by atoms with van der Waals surface area (Å²) >= 11 is 0. The van der Waals surface area contributed by atoms with Crippen LogP contribution in [0.3, 0.4) is 0 Å². The maximum Gasteiger partial charge on any atom is 0.243 e. The highest BCUT2D eigenvalue weighted by molar-refractivity contribution is 7.89. The number of hydrogen-bond acceptors (Lipinski definition) is 4. The second-order valence-corrected chi connectivity index (χ2v) is 11.3. The topological polar surface area (TPSA) is 84.3 Å². The van der Waals surface area contributed by atoms with E-state index in [1.807, 2.05) is 55.7 Å². The lowest BCUT2D eigenvalue weighted by Crippen LogP contribution is -2.30. The van der Waals surface area contributed by atoms with Crippen LogP contribution >= 0.6 is 0 Å². The highest BCUT2D eigenvalue weighted by atomic mass is 32.2. The Bertz CT molecular complexity index is 1270. The average molecular weight is 485 g/mol. The molecule has 0 saturated carbocycles. The molecule has 0 spiro atoms. The minimum Gasteiger partial charge on any atom is -0.328 e. The van der Waals surface area contributed by atoms with Gasteiger partial charge >= 0.3 is 0 Å². The molecule has 0 saturated heterocycles. The van der Waals surface area contributed by atoms with Crippen molar-refractivity contribution in [3.63, 3.8) is 0 Å². The van der Waals surface area contributed by atoms with Gasteiger partial charge in [-0.25, -0.2) is 13.4 Å².